The van der Waals surface area contributed by atoms with Gasteiger partial charge in [-0.05, 0) is 55.3 Å². The maximum absolute atomic E-state index is 12.4. The van der Waals surface area contributed by atoms with Gasteiger partial charge in [0.2, 0.25) is 0 Å². The van der Waals surface area contributed by atoms with Crippen molar-refractivity contribution in [3.8, 4) is 0 Å². The second kappa shape index (κ2) is 7.50. The van der Waals surface area contributed by atoms with Crippen molar-refractivity contribution in [2.45, 2.75) is 18.9 Å². The van der Waals surface area contributed by atoms with Crippen LogP contribution in [0.3, 0.4) is 0 Å². The molecule has 1 aliphatic heterocycles. The third-order valence-corrected chi connectivity index (χ3v) is 5.62. The van der Waals surface area contributed by atoms with E-state index in [1.54, 1.807) is 36.4 Å². The molecule has 4 rings (SSSR count). The molecule has 1 saturated heterocycles. The molecule has 0 unspecified atom stereocenters. The Balaban J connectivity index is 1.43. The number of hydrogen-bond donors (Lipinski definition) is 1. The molecule has 0 bridgehead atoms. The topological polar surface area (TPSA) is 58.1 Å². The first kappa shape index (κ1) is 18.3. The number of carbonyl (C=O) groups is 1. The van der Waals surface area contributed by atoms with Crippen LogP contribution in [0.2, 0.25) is 10.0 Å². The van der Waals surface area contributed by atoms with Crippen molar-refractivity contribution in [3.63, 3.8) is 0 Å². The highest BCUT2D eigenvalue weighted by Crippen LogP contribution is 2.26. The summed E-state index contributed by atoms with van der Waals surface area (Å²) in [6.45, 7) is 1.93. The van der Waals surface area contributed by atoms with E-state index in [0.717, 1.165) is 37.0 Å². The van der Waals surface area contributed by atoms with E-state index in [1.807, 2.05) is 10.6 Å². The number of nitrogens with one attached hydrogen (secondary N) is 1. The molecule has 0 amide bonds. The zero-order chi connectivity index (χ0) is 19.0. The van der Waals surface area contributed by atoms with Gasteiger partial charge in [-0.3, -0.25) is 14.3 Å². The lowest BCUT2D eigenvalue weighted by Crippen LogP contribution is -2.39. The fourth-order valence-electron chi connectivity index (χ4n) is 3.73. The molecule has 7 heteroatoms. The molecule has 0 aliphatic carbocycles. The lowest BCUT2D eigenvalue weighted by molar-refractivity contribution is 0.0898. The van der Waals surface area contributed by atoms with Crippen molar-refractivity contribution in [3.05, 3.63) is 68.6 Å². The van der Waals surface area contributed by atoms with E-state index in [2.05, 4.69) is 9.88 Å². The van der Waals surface area contributed by atoms with Gasteiger partial charge in [0.1, 0.15) is 0 Å². The zero-order valence-electron chi connectivity index (χ0n) is 14.6. The maximum Gasteiger partial charge on any atom is 0.326 e. The van der Waals surface area contributed by atoms with E-state index in [1.165, 1.54) is 0 Å². The van der Waals surface area contributed by atoms with Crippen LogP contribution in [0.1, 0.15) is 29.2 Å². The Kier molecular flexibility index (Phi) is 5.08. The quantitative estimate of drug-likeness (QED) is 0.665. The smallest absolute Gasteiger partial charge is 0.305 e. The number of carbonyl (C=O) groups excluding carboxylic acids is 1. The van der Waals surface area contributed by atoms with Crippen LogP contribution < -0.4 is 5.69 Å². The summed E-state index contributed by atoms with van der Waals surface area (Å²) < 4.78 is 1.82. The van der Waals surface area contributed by atoms with Crippen LogP contribution in [0.4, 0.5) is 0 Å². The van der Waals surface area contributed by atoms with E-state index in [-0.39, 0.29) is 17.5 Å². The number of ketones is 1. The van der Waals surface area contributed by atoms with Crippen molar-refractivity contribution in [2.75, 3.05) is 19.6 Å². The van der Waals surface area contributed by atoms with Gasteiger partial charge in [-0.25, -0.2) is 4.79 Å². The lowest BCUT2D eigenvalue weighted by atomic mass is 10.0. The summed E-state index contributed by atoms with van der Waals surface area (Å²) in [5.41, 5.74) is 2.20. The summed E-state index contributed by atoms with van der Waals surface area (Å²) in [7, 11) is 0. The monoisotopic (exact) mass is 403 g/mol. The molecular weight excluding hydrogens is 385 g/mol. The average molecular weight is 404 g/mol. The van der Waals surface area contributed by atoms with Gasteiger partial charge in [0.25, 0.3) is 0 Å². The third-order valence-electron chi connectivity index (χ3n) is 5.13. The Morgan fingerprint density at radius 2 is 1.70 bits per heavy atom. The largest absolute Gasteiger partial charge is 0.326 e. The van der Waals surface area contributed by atoms with Crippen LogP contribution in [-0.2, 0) is 0 Å². The van der Waals surface area contributed by atoms with Gasteiger partial charge in [0, 0.05) is 34.7 Å². The maximum atomic E-state index is 12.4. The van der Waals surface area contributed by atoms with Crippen molar-refractivity contribution < 1.29 is 4.79 Å². The van der Waals surface area contributed by atoms with Crippen LogP contribution in [0.5, 0.6) is 0 Å². The molecule has 1 aromatic heterocycles. The van der Waals surface area contributed by atoms with Gasteiger partial charge in [-0.2, -0.15) is 0 Å². The van der Waals surface area contributed by atoms with Crippen LogP contribution in [-0.4, -0.2) is 39.9 Å². The van der Waals surface area contributed by atoms with Crippen LogP contribution in [0.25, 0.3) is 11.0 Å². The molecule has 0 radical (unpaired) electrons. The lowest BCUT2D eigenvalue weighted by Gasteiger charge is -2.32. The summed E-state index contributed by atoms with van der Waals surface area (Å²) in [6.07, 6.45) is 1.65. The Labute approximate surface area is 166 Å². The number of likely N-dealkylation sites (tertiary alicyclic amines) is 1. The molecule has 0 saturated carbocycles. The first-order chi connectivity index (χ1) is 13.0. The number of piperidine rings is 1. The van der Waals surface area contributed by atoms with E-state index >= 15 is 0 Å². The molecule has 1 aliphatic rings. The Hall–Kier alpha value is -2.08. The van der Waals surface area contributed by atoms with Crippen molar-refractivity contribution in [1.82, 2.24) is 14.5 Å². The molecular formula is C20H19Cl2N3O2. The minimum Gasteiger partial charge on any atom is -0.305 e. The van der Waals surface area contributed by atoms with E-state index < -0.39 is 0 Å². The zero-order valence-corrected chi connectivity index (χ0v) is 16.1. The predicted molar refractivity (Wildman–Crippen MR) is 108 cm³/mol. The van der Waals surface area contributed by atoms with Crippen molar-refractivity contribution >= 4 is 40.0 Å². The standard InChI is InChI=1S/C20H19Cl2N3O2/c21-14-3-1-13(2-4-14)19(26)12-24-9-7-16(8-10-24)25-18-6-5-15(22)11-17(18)23-20(25)27/h1-6,11,16H,7-10,12H2,(H,23,27). The van der Waals surface area contributed by atoms with Gasteiger partial charge >= 0.3 is 5.69 Å². The fourth-order valence-corrected chi connectivity index (χ4v) is 4.03. The highest BCUT2D eigenvalue weighted by atomic mass is 35.5. The highest BCUT2D eigenvalue weighted by molar-refractivity contribution is 6.31. The third kappa shape index (κ3) is 3.81. The number of nitrogens with zero attached hydrogens (tertiary/aromatic N) is 2. The number of benzene rings is 2. The number of aromatic amines is 1. The first-order valence-electron chi connectivity index (χ1n) is 8.92. The van der Waals surface area contributed by atoms with Gasteiger partial charge in [-0.15, -0.1) is 0 Å². The number of aromatic nitrogens is 2. The Morgan fingerprint density at radius 1 is 1.04 bits per heavy atom. The number of fused-ring (bicyclic) bond motifs is 1. The SMILES string of the molecule is O=C(CN1CCC(n2c(=O)[nH]c3cc(Cl)ccc32)CC1)c1ccc(Cl)cc1. The van der Waals surface area contributed by atoms with Crippen LogP contribution in [0, 0.1) is 0 Å². The number of rotatable bonds is 4. The average Bonchev–Trinajstić information content (AvgIpc) is 2.97. The molecule has 27 heavy (non-hydrogen) atoms. The van der Waals surface area contributed by atoms with Gasteiger partial charge < -0.3 is 4.98 Å². The normalized spacial score (nSPS) is 16.1. The fraction of sp³-hybridized carbons (Fsp3) is 0.300. The Bertz CT molecular complexity index is 1030. The molecule has 1 fully saturated rings. The number of halogens is 2. The summed E-state index contributed by atoms with van der Waals surface area (Å²) in [4.78, 5) is 29.9. The summed E-state index contributed by atoms with van der Waals surface area (Å²) >= 11 is 11.9. The van der Waals surface area contributed by atoms with E-state index in [0.29, 0.717) is 22.2 Å². The number of H-pyrrole nitrogens is 1. The molecule has 2 heterocycles. The summed E-state index contributed by atoms with van der Waals surface area (Å²) in [6, 6.07) is 12.6. The molecule has 140 valence electrons. The predicted octanol–water partition coefficient (Wildman–Crippen LogP) is 4.16. The molecule has 3 aromatic rings. The molecule has 0 spiro atoms. The number of hydrogen-bond acceptors (Lipinski definition) is 3. The molecule has 0 atom stereocenters. The highest BCUT2D eigenvalue weighted by Gasteiger charge is 2.25. The van der Waals surface area contributed by atoms with E-state index in [4.69, 9.17) is 23.2 Å². The second-order valence-corrected chi connectivity index (χ2v) is 7.77. The van der Waals surface area contributed by atoms with Gasteiger partial charge in [0.05, 0.1) is 17.6 Å². The van der Waals surface area contributed by atoms with Crippen molar-refractivity contribution in [1.29, 1.82) is 0 Å². The van der Waals surface area contributed by atoms with Crippen LogP contribution >= 0.6 is 23.2 Å². The van der Waals surface area contributed by atoms with E-state index in [9.17, 15) is 9.59 Å². The summed E-state index contributed by atoms with van der Waals surface area (Å²) in [5.74, 6) is 0.0871. The number of imidazole rings is 1. The molecule has 1 N–H and O–H groups in total. The van der Waals surface area contributed by atoms with Crippen LogP contribution in [0.15, 0.2) is 47.3 Å². The van der Waals surface area contributed by atoms with Gasteiger partial charge in [0.15, 0.2) is 5.78 Å². The first-order valence-corrected chi connectivity index (χ1v) is 9.68. The minimum absolute atomic E-state index is 0.0871. The minimum atomic E-state index is -0.108. The Morgan fingerprint density at radius 3 is 2.41 bits per heavy atom. The molecule has 5 nitrogen and oxygen atoms in total. The van der Waals surface area contributed by atoms with Gasteiger partial charge in [-0.1, -0.05) is 23.2 Å². The second-order valence-electron chi connectivity index (χ2n) is 6.90. The number of Topliss-reactive ketones (excluding diaryl/α,β-unsaturated/α-hetero) is 1. The van der Waals surface area contributed by atoms with Crippen molar-refractivity contribution in [2.24, 2.45) is 0 Å². The molecule has 2 aromatic carbocycles. The summed E-state index contributed by atoms with van der Waals surface area (Å²) in [5, 5.41) is 1.23.